The number of aliphatic hydroxyl groups is 1. The van der Waals surface area contributed by atoms with Crippen molar-refractivity contribution in [2.45, 2.75) is 13.8 Å². The zero-order chi connectivity index (χ0) is 14.4. The normalized spacial score (nSPS) is 11.0. The van der Waals surface area contributed by atoms with Crippen molar-refractivity contribution < 1.29 is 19.0 Å². The Labute approximate surface area is 110 Å². The summed E-state index contributed by atoms with van der Waals surface area (Å²) in [4.78, 5) is 11.2. The SMILES string of the molecule is CCOC(=O)C(=N)/C(O)=C\Nc1ccc(F)cc1C. The molecule has 0 aliphatic carbocycles. The van der Waals surface area contributed by atoms with Gasteiger partial charge in [-0.15, -0.1) is 0 Å². The third kappa shape index (κ3) is 4.09. The van der Waals surface area contributed by atoms with Crippen LogP contribution in [0.2, 0.25) is 0 Å². The first kappa shape index (κ1) is 14.7. The van der Waals surface area contributed by atoms with Gasteiger partial charge in [0.15, 0.2) is 11.5 Å². The van der Waals surface area contributed by atoms with E-state index in [1.54, 1.807) is 13.8 Å². The Bertz CT molecular complexity index is 527. The summed E-state index contributed by atoms with van der Waals surface area (Å²) in [5, 5.41) is 19.6. The quantitative estimate of drug-likeness (QED) is 0.434. The van der Waals surface area contributed by atoms with E-state index in [4.69, 9.17) is 5.41 Å². The molecule has 0 saturated heterocycles. The molecular formula is C13H15FN2O3. The smallest absolute Gasteiger partial charge is 0.360 e. The average Bonchev–Trinajstić information content (AvgIpc) is 2.36. The van der Waals surface area contributed by atoms with Crippen LogP contribution in [0.15, 0.2) is 30.2 Å². The zero-order valence-corrected chi connectivity index (χ0v) is 10.7. The van der Waals surface area contributed by atoms with Crippen molar-refractivity contribution in [3.63, 3.8) is 0 Å². The maximum Gasteiger partial charge on any atom is 0.360 e. The van der Waals surface area contributed by atoms with Gasteiger partial charge in [-0.2, -0.15) is 0 Å². The largest absolute Gasteiger partial charge is 0.504 e. The number of carbonyl (C=O) groups excluding carboxylic acids is 1. The number of hydrogen-bond donors (Lipinski definition) is 3. The minimum absolute atomic E-state index is 0.124. The van der Waals surface area contributed by atoms with Crippen LogP contribution in [0.4, 0.5) is 10.1 Å². The molecule has 5 nitrogen and oxygen atoms in total. The van der Waals surface area contributed by atoms with Gasteiger partial charge in [-0.05, 0) is 37.6 Å². The van der Waals surface area contributed by atoms with Gasteiger partial charge in [0.25, 0.3) is 0 Å². The van der Waals surface area contributed by atoms with Crippen LogP contribution in [0.25, 0.3) is 0 Å². The lowest BCUT2D eigenvalue weighted by molar-refractivity contribution is -0.135. The molecule has 0 heterocycles. The number of carbonyl (C=O) groups is 1. The number of rotatable bonds is 5. The number of halogens is 1. The molecule has 0 fully saturated rings. The predicted molar refractivity (Wildman–Crippen MR) is 69.8 cm³/mol. The lowest BCUT2D eigenvalue weighted by Crippen LogP contribution is -2.19. The van der Waals surface area contributed by atoms with E-state index in [1.165, 1.54) is 18.2 Å². The van der Waals surface area contributed by atoms with Crippen LogP contribution in [0.5, 0.6) is 0 Å². The van der Waals surface area contributed by atoms with E-state index >= 15 is 0 Å². The molecule has 0 unspecified atom stereocenters. The first-order chi connectivity index (χ1) is 8.95. The number of nitrogens with one attached hydrogen (secondary N) is 2. The Morgan fingerprint density at radius 3 is 2.84 bits per heavy atom. The van der Waals surface area contributed by atoms with Gasteiger partial charge in [-0.25, -0.2) is 9.18 Å². The number of aryl methyl sites for hydroxylation is 1. The van der Waals surface area contributed by atoms with Crippen LogP contribution >= 0.6 is 0 Å². The average molecular weight is 266 g/mol. The molecule has 6 heteroatoms. The molecule has 1 rings (SSSR count). The van der Waals surface area contributed by atoms with Gasteiger partial charge in [-0.3, -0.25) is 5.41 Å². The fraction of sp³-hybridized carbons (Fsp3) is 0.231. The van der Waals surface area contributed by atoms with Crippen LogP contribution in [-0.4, -0.2) is 23.4 Å². The Kier molecular flexibility index (Phi) is 5.05. The lowest BCUT2D eigenvalue weighted by atomic mass is 10.2. The summed E-state index contributed by atoms with van der Waals surface area (Å²) < 4.78 is 17.5. The minimum Gasteiger partial charge on any atom is -0.504 e. The van der Waals surface area contributed by atoms with Crippen molar-refractivity contribution in [1.29, 1.82) is 5.41 Å². The van der Waals surface area contributed by atoms with Gasteiger partial charge in [-0.1, -0.05) is 0 Å². The van der Waals surface area contributed by atoms with Gasteiger partial charge in [0.1, 0.15) is 5.82 Å². The van der Waals surface area contributed by atoms with E-state index in [0.717, 1.165) is 6.20 Å². The Morgan fingerprint density at radius 2 is 2.26 bits per heavy atom. The molecule has 0 atom stereocenters. The fourth-order valence-electron chi connectivity index (χ4n) is 1.32. The van der Waals surface area contributed by atoms with Crippen LogP contribution < -0.4 is 5.32 Å². The number of aliphatic hydroxyl groups excluding tert-OH is 1. The second-order valence-electron chi connectivity index (χ2n) is 3.73. The Balaban J connectivity index is 2.75. The van der Waals surface area contributed by atoms with E-state index in [1.807, 2.05) is 0 Å². The third-order valence-electron chi connectivity index (χ3n) is 2.29. The molecule has 19 heavy (non-hydrogen) atoms. The predicted octanol–water partition coefficient (Wildman–Crippen LogP) is 2.53. The standard InChI is InChI=1S/C13H15FN2O3/c1-3-19-13(18)12(15)11(17)7-16-10-5-4-9(14)6-8(10)2/h4-7,15-17H,3H2,1-2H3/b11-7+,15-12?. The van der Waals surface area contributed by atoms with Crippen LogP contribution in [0.3, 0.4) is 0 Å². The van der Waals surface area contributed by atoms with E-state index in [-0.39, 0.29) is 12.4 Å². The van der Waals surface area contributed by atoms with Crippen LogP contribution in [0, 0.1) is 18.2 Å². The first-order valence-corrected chi connectivity index (χ1v) is 5.63. The summed E-state index contributed by atoms with van der Waals surface area (Å²) in [6.45, 7) is 3.41. The van der Waals surface area contributed by atoms with Crippen molar-refractivity contribution in [3.8, 4) is 0 Å². The molecule has 0 aliphatic rings. The highest BCUT2D eigenvalue weighted by Crippen LogP contribution is 2.15. The fourth-order valence-corrected chi connectivity index (χ4v) is 1.32. The van der Waals surface area contributed by atoms with Gasteiger partial charge >= 0.3 is 5.97 Å². The number of esters is 1. The van der Waals surface area contributed by atoms with Crippen molar-refractivity contribution >= 4 is 17.4 Å². The van der Waals surface area contributed by atoms with Gasteiger partial charge < -0.3 is 15.2 Å². The molecule has 0 spiro atoms. The Hall–Kier alpha value is -2.37. The monoisotopic (exact) mass is 266 g/mol. The topological polar surface area (TPSA) is 82.4 Å². The van der Waals surface area contributed by atoms with Crippen molar-refractivity contribution in [2.75, 3.05) is 11.9 Å². The van der Waals surface area contributed by atoms with Gasteiger partial charge in [0.2, 0.25) is 0 Å². The summed E-state index contributed by atoms with van der Waals surface area (Å²) in [5.74, 6) is -1.83. The summed E-state index contributed by atoms with van der Waals surface area (Å²) in [6, 6.07) is 4.07. The summed E-state index contributed by atoms with van der Waals surface area (Å²) in [5.41, 5.74) is 0.547. The van der Waals surface area contributed by atoms with Crippen LogP contribution in [0.1, 0.15) is 12.5 Å². The van der Waals surface area contributed by atoms with Crippen LogP contribution in [-0.2, 0) is 9.53 Å². The van der Waals surface area contributed by atoms with E-state index < -0.39 is 17.4 Å². The summed E-state index contributed by atoms with van der Waals surface area (Å²) >= 11 is 0. The number of hydrogen-bond acceptors (Lipinski definition) is 5. The third-order valence-corrected chi connectivity index (χ3v) is 2.29. The second-order valence-corrected chi connectivity index (χ2v) is 3.73. The molecular weight excluding hydrogens is 251 g/mol. The maximum absolute atomic E-state index is 12.9. The minimum atomic E-state index is -0.908. The molecule has 0 radical (unpaired) electrons. The van der Waals surface area contributed by atoms with Crippen molar-refractivity contribution in [1.82, 2.24) is 0 Å². The molecule has 1 aromatic rings. The lowest BCUT2D eigenvalue weighted by Gasteiger charge is -2.07. The molecule has 0 bridgehead atoms. The molecule has 1 aromatic carbocycles. The molecule has 3 N–H and O–H groups in total. The highest BCUT2D eigenvalue weighted by molar-refractivity contribution is 6.41. The van der Waals surface area contributed by atoms with Crippen molar-refractivity contribution in [3.05, 3.63) is 41.5 Å². The number of anilines is 1. The molecule has 0 amide bonds. The summed E-state index contributed by atoms with van der Waals surface area (Å²) in [7, 11) is 0. The highest BCUT2D eigenvalue weighted by Gasteiger charge is 2.14. The van der Waals surface area contributed by atoms with E-state index in [0.29, 0.717) is 11.3 Å². The Morgan fingerprint density at radius 1 is 1.58 bits per heavy atom. The van der Waals surface area contributed by atoms with Crippen molar-refractivity contribution in [2.24, 2.45) is 0 Å². The van der Waals surface area contributed by atoms with Gasteiger partial charge in [0.05, 0.1) is 6.61 Å². The van der Waals surface area contributed by atoms with E-state index in [9.17, 15) is 14.3 Å². The molecule has 102 valence electrons. The maximum atomic E-state index is 12.9. The van der Waals surface area contributed by atoms with Gasteiger partial charge in [0, 0.05) is 11.9 Å². The molecule has 0 saturated carbocycles. The number of benzene rings is 1. The second kappa shape index (κ2) is 6.53. The number of ether oxygens (including phenoxy) is 1. The zero-order valence-electron chi connectivity index (χ0n) is 10.7. The molecule has 0 aromatic heterocycles. The highest BCUT2D eigenvalue weighted by atomic mass is 19.1. The van der Waals surface area contributed by atoms with E-state index in [2.05, 4.69) is 10.1 Å². The summed E-state index contributed by atoms with van der Waals surface area (Å²) in [6.07, 6.45) is 1.08. The molecule has 0 aliphatic heterocycles. The first-order valence-electron chi connectivity index (χ1n) is 5.63.